The molecule has 0 bridgehead atoms. The maximum absolute atomic E-state index is 6.00. The Morgan fingerprint density at radius 2 is 1.88 bits per heavy atom. The van der Waals surface area contributed by atoms with Crippen molar-refractivity contribution in [3.05, 3.63) is 0 Å². The number of likely N-dealkylation sites (tertiary alicyclic amines) is 1. The molecule has 1 saturated heterocycles. The van der Waals surface area contributed by atoms with Crippen molar-refractivity contribution in [3.8, 4) is 0 Å². The quantitative estimate of drug-likeness (QED) is 0.778. The van der Waals surface area contributed by atoms with Gasteiger partial charge in [0.1, 0.15) is 0 Å². The van der Waals surface area contributed by atoms with Gasteiger partial charge >= 0.3 is 0 Å². The standard InChI is InChI=1S/C13H28N2O/c1-5-13(9-14,10-16-4)15-7-11(2)6-12(3)8-15/h11-12H,5-10,14H2,1-4H3. The Morgan fingerprint density at radius 1 is 1.31 bits per heavy atom. The van der Waals surface area contributed by atoms with E-state index in [1.54, 1.807) is 7.11 Å². The molecular formula is C13H28N2O. The highest BCUT2D eigenvalue weighted by atomic mass is 16.5. The molecule has 3 atom stereocenters. The van der Waals surface area contributed by atoms with Crippen LogP contribution in [0.4, 0.5) is 0 Å². The predicted molar refractivity (Wildman–Crippen MR) is 68.5 cm³/mol. The molecule has 3 heteroatoms. The van der Waals surface area contributed by atoms with Gasteiger partial charge in [-0.3, -0.25) is 4.90 Å². The smallest absolute Gasteiger partial charge is 0.0658 e. The first-order valence-electron chi connectivity index (χ1n) is 6.52. The largest absolute Gasteiger partial charge is 0.383 e. The first-order valence-corrected chi connectivity index (χ1v) is 6.52. The SMILES string of the molecule is CCC(CN)(COC)N1CC(C)CC(C)C1. The van der Waals surface area contributed by atoms with E-state index in [0.29, 0.717) is 6.54 Å². The van der Waals surface area contributed by atoms with Crippen molar-refractivity contribution in [2.45, 2.75) is 39.2 Å². The minimum atomic E-state index is 0.0533. The fraction of sp³-hybridized carbons (Fsp3) is 1.00. The summed E-state index contributed by atoms with van der Waals surface area (Å²) >= 11 is 0. The third-order valence-electron chi connectivity index (χ3n) is 3.99. The molecule has 0 spiro atoms. The zero-order valence-electron chi connectivity index (χ0n) is 11.3. The van der Waals surface area contributed by atoms with E-state index >= 15 is 0 Å². The summed E-state index contributed by atoms with van der Waals surface area (Å²) in [5.41, 5.74) is 6.06. The number of piperidine rings is 1. The summed E-state index contributed by atoms with van der Waals surface area (Å²) in [4.78, 5) is 2.56. The van der Waals surface area contributed by atoms with Gasteiger partial charge in [0.15, 0.2) is 0 Å². The van der Waals surface area contributed by atoms with Crippen LogP contribution in [0.1, 0.15) is 33.6 Å². The zero-order valence-corrected chi connectivity index (χ0v) is 11.3. The number of hydrogen-bond donors (Lipinski definition) is 1. The summed E-state index contributed by atoms with van der Waals surface area (Å²) < 4.78 is 5.39. The zero-order chi connectivity index (χ0) is 12.2. The first kappa shape index (κ1) is 13.9. The first-order chi connectivity index (χ1) is 7.57. The van der Waals surface area contributed by atoms with Crippen LogP contribution in [0.3, 0.4) is 0 Å². The summed E-state index contributed by atoms with van der Waals surface area (Å²) in [6.07, 6.45) is 2.41. The number of ether oxygens (including phenoxy) is 1. The molecule has 2 N–H and O–H groups in total. The lowest BCUT2D eigenvalue weighted by Gasteiger charge is -2.47. The highest BCUT2D eigenvalue weighted by Gasteiger charge is 2.37. The lowest BCUT2D eigenvalue weighted by Crippen LogP contribution is -2.60. The lowest BCUT2D eigenvalue weighted by molar-refractivity contribution is -0.0230. The molecule has 0 aromatic rings. The van der Waals surface area contributed by atoms with E-state index in [1.165, 1.54) is 19.5 Å². The Kier molecular flexibility index (Phi) is 5.22. The summed E-state index contributed by atoms with van der Waals surface area (Å²) in [7, 11) is 1.77. The van der Waals surface area contributed by atoms with Gasteiger partial charge in [-0.05, 0) is 24.7 Å². The van der Waals surface area contributed by atoms with E-state index in [4.69, 9.17) is 10.5 Å². The number of nitrogens with zero attached hydrogens (tertiary/aromatic N) is 1. The van der Waals surface area contributed by atoms with Gasteiger partial charge in [-0.15, -0.1) is 0 Å². The molecule has 1 rings (SSSR count). The Bertz CT molecular complexity index is 194. The molecule has 1 aliphatic heterocycles. The number of methoxy groups -OCH3 is 1. The number of hydrogen-bond acceptors (Lipinski definition) is 3. The fourth-order valence-corrected chi connectivity index (χ4v) is 3.07. The summed E-state index contributed by atoms with van der Waals surface area (Å²) in [5, 5.41) is 0. The molecule has 3 nitrogen and oxygen atoms in total. The Labute approximate surface area is 100 Å². The van der Waals surface area contributed by atoms with E-state index in [2.05, 4.69) is 25.7 Å². The average molecular weight is 228 g/mol. The van der Waals surface area contributed by atoms with Crippen LogP contribution in [-0.2, 0) is 4.74 Å². The van der Waals surface area contributed by atoms with Gasteiger partial charge in [0, 0.05) is 26.7 Å². The highest BCUT2D eigenvalue weighted by Crippen LogP contribution is 2.29. The number of nitrogens with two attached hydrogens (primary N) is 1. The monoisotopic (exact) mass is 228 g/mol. The van der Waals surface area contributed by atoms with Crippen molar-refractivity contribution < 1.29 is 4.74 Å². The molecule has 0 aromatic carbocycles. The van der Waals surface area contributed by atoms with Gasteiger partial charge in [-0.2, -0.15) is 0 Å². The minimum absolute atomic E-state index is 0.0533. The summed E-state index contributed by atoms with van der Waals surface area (Å²) in [5.74, 6) is 1.55. The molecule has 0 aliphatic carbocycles. The topological polar surface area (TPSA) is 38.5 Å². The fourth-order valence-electron chi connectivity index (χ4n) is 3.07. The Morgan fingerprint density at radius 3 is 2.25 bits per heavy atom. The predicted octanol–water partition coefficient (Wildman–Crippen LogP) is 1.72. The molecule has 96 valence electrons. The van der Waals surface area contributed by atoms with Crippen molar-refractivity contribution in [3.63, 3.8) is 0 Å². The van der Waals surface area contributed by atoms with E-state index in [0.717, 1.165) is 24.9 Å². The van der Waals surface area contributed by atoms with Gasteiger partial charge in [0.25, 0.3) is 0 Å². The third kappa shape index (κ3) is 2.96. The molecular weight excluding hydrogens is 200 g/mol. The van der Waals surface area contributed by atoms with Crippen molar-refractivity contribution in [2.75, 3.05) is 33.4 Å². The normalized spacial score (nSPS) is 31.3. The molecule has 0 aromatic heterocycles. The van der Waals surface area contributed by atoms with Crippen LogP contribution >= 0.6 is 0 Å². The van der Waals surface area contributed by atoms with Crippen LogP contribution in [-0.4, -0.2) is 43.8 Å². The van der Waals surface area contributed by atoms with Crippen LogP contribution in [0.25, 0.3) is 0 Å². The summed E-state index contributed by atoms with van der Waals surface area (Å²) in [6, 6.07) is 0. The molecule has 1 heterocycles. The second-order valence-electron chi connectivity index (χ2n) is 5.57. The van der Waals surface area contributed by atoms with E-state index < -0.39 is 0 Å². The molecule has 0 saturated carbocycles. The lowest BCUT2D eigenvalue weighted by atomic mass is 9.85. The van der Waals surface area contributed by atoms with Crippen LogP contribution in [0.5, 0.6) is 0 Å². The maximum atomic E-state index is 6.00. The molecule has 16 heavy (non-hydrogen) atoms. The van der Waals surface area contributed by atoms with Crippen LogP contribution in [0, 0.1) is 11.8 Å². The number of rotatable bonds is 5. The highest BCUT2D eigenvalue weighted by molar-refractivity contribution is 4.94. The second kappa shape index (κ2) is 5.99. The van der Waals surface area contributed by atoms with Gasteiger partial charge in [-0.1, -0.05) is 20.8 Å². The van der Waals surface area contributed by atoms with Crippen LogP contribution in [0.2, 0.25) is 0 Å². The third-order valence-corrected chi connectivity index (χ3v) is 3.99. The van der Waals surface area contributed by atoms with Crippen LogP contribution < -0.4 is 5.73 Å². The van der Waals surface area contributed by atoms with Crippen molar-refractivity contribution in [1.29, 1.82) is 0 Å². The van der Waals surface area contributed by atoms with Gasteiger partial charge < -0.3 is 10.5 Å². The van der Waals surface area contributed by atoms with E-state index in [1.807, 2.05) is 0 Å². The molecule has 0 radical (unpaired) electrons. The van der Waals surface area contributed by atoms with Gasteiger partial charge in [0.2, 0.25) is 0 Å². The van der Waals surface area contributed by atoms with Gasteiger partial charge in [-0.25, -0.2) is 0 Å². The van der Waals surface area contributed by atoms with Crippen LogP contribution in [0.15, 0.2) is 0 Å². The Hall–Kier alpha value is -0.120. The van der Waals surface area contributed by atoms with Crippen molar-refractivity contribution >= 4 is 0 Å². The Balaban J connectivity index is 2.76. The molecule has 1 fully saturated rings. The average Bonchev–Trinajstić information content (AvgIpc) is 2.24. The molecule has 3 unspecified atom stereocenters. The minimum Gasteiger partial charge on any atom is -0.383 e. The van der Waals surface area contributed by atoms with E-state index in [9.17, 15) is 0 Å². The van der Waals surface area contributed by atoms with Crippen molar-refractivity contribution in [2.24, 2.45) is 17.6 Å². The van der Waals surface area contributed by atoms with E-state index in [-0.39, 0.29) is 5.54 Å². The second-order valence-corrected chi connectivity index (χ2v) is 5.57. The summed E-state index contributed by atoms with van der Waals surface area (Å²) in [6.45, 7) is 10.7. The van der Waals surface area contributed by atoms with Crippen molar-refractivity contribution in [1.82, 2.24) is 4.90 Å². The molecule has 0 amide bonds. The molecule has 1 aliphatic rings. The maximum Gasteiger partial charge on any atom is 0.0658 e. The van der Waals surface area contributed by atoms with Gasteiger partial charge in [0.05, 0.1) is 12.1 Å².